The minimum atomic E-state index is -0.724. The Balaban J connectivity index is 1.88. The fraction of sp³-hybridized carbons (Fsp3) is 0.412. The molecule has 2 rings (SSSR count). The summed E-state index contributed by atoms with van der Waals surface area (Å²) in [5.74, 6) is -2.17. The number of nitrogens with one attached hydrogen (secondary N) is 2. The molecular formula is C17H21N3O5S. The molecule has 1 aliphatic heterocycles. The van der Waals surface area contributed by atoms with Gasteiger partial charge < -0.3 is 15.0 Å². The summed E-state index contributed by atoms with van der Waals surface area (Å²) >= 11 is 1.56. The summed E-state index contributed by atoms with van der Waals surface area (Å²) in [6, 6.07) is 6.84. The van der Waals surface area contributed by atoms with E-state index in [2.05, 4.69) is 5.32 Å². The molecule has 140 valence electrons. The standard InChI is InChI=1S/C17H21N3O5S/c1-3-18-17(24)19-14(21)10-25-16(23)11-7-15(22)20(9-11)12-5-4-6-13(8-12)26-2/h4-6,8,11H,3,7,9-10H2,1-2H3,(H2,18,19,21,24)/t11-/m1/s1. The molecule has 8 nitrogen and oxygen atoms in total. The van der Waals surface area contributed by atoms with Crippen molar-refractivity contribution in [1.29, 1.82) is 0 Å². The Kier molecular flexibility index (Phi) is 7.02. The highest BCUT2D eigenvalue weighted by Crippen LogP contribution is 2.28. The monoisotopic (exact) mass is 379 g/mol. The molecule has 1 atom stereocenters. The Bertz CT molecular complexity index is 709. The number of thioether (sulfide) groups is 1. The van der Waals surface area contributed by atoms with E-state index in [-0.39, 0.29) is 18.9 Å². The molecule has 1 aliphatic rings. The van der Waals surface area contributed by atoms with E-state index in [1.807, 2.05) is 35.8 Å². The normalized spacial score (nSPS) is 16.3. The molecule has 0 aliphatic carbocycles. The van der Waals surface area contributed by atoms with Crippen LogP contribution in [-0.4, -0.2) is 49.8 Å². The van der Waals surface area contributed by atoms with E-state index in [1.54, 1.807) is 23.6 Å². The Morgan fingerprint density at radius 2 is 2.12 bits per heavy atom. The second-order valence-corrected chi connectivity index (χ2v) is 6.50. The van der Waals surface area contributed by atoms with Crippen molar-refractivity contribution >= 4 is 41.3 Å². The third kappa shape index (κ3) is 5.22. The van der Waals surface area contributed by atoms with Crippen LogP contribution in [0.5, 0.6) is 0 Å². The van der Waals surface area contributed by atoms with E-state index in [0.717, 1.165) is 10.6 Å². The number of benzene rings is 1. The molecule has 0 bridgehead atoms. The minimum Gasteiger partial charge on any atom is -0.455 e. The second kappa shape index (κ2) is 9.23. The van der Waals surface area contributed by atoms with Crippen LogP contribution in [0.25, 0.3) is 0 Å². The highest BCUT2D eigenvalue weighted by Gasteiger charge is 2.36. The summed E-state index contributed by atoms with van der Waals surface area (Å²) in [4.78, 5) is 49.7. The summed E-state index contributed by atoms with van der Waals surface area (Å²) < 4.78 is 4.93. The molecule has 2 N–H and O–H groups in total. The first-order valence-corrected chi connectivity index (χ1v) is 9.35. The highest BCUT2D eigenvalue weighted by molar-refractivity contribution is 7.98. The maximum atomic E-state index is 12.2. The summed E-state index contributed by atoms with van der Waals surface area (Å²) in [6.07, 6.45) is 1.97. The van der Waals surface area contributed by atoms with E-state index in [9.17, 15) is 19.2 Å². The van der Waals surface area contributed by atoms with Crippen LogP contribution in [0.15, 0.2) is 29.2 Å². The van der Waals surface area contributed by atoms with Crippen molar-refractivity contribution in [3.8, 4) is 0 Å². The Morgan fingerprint density at radius 3 is 2.81 bits per heavy atom. The van der Waals surface area contributed by atoms with E-state index >= 15 is 0 Å². The van der Waals surface area contributed by atoms with Crippen LogP contribution in [0.2, 0.25) is 0 Å². The van der Waals surface area contributed by atoms with Crippen LogP contribution in [0.3, 0.4) is 0 Å². The average molecular weight is 379 g/mol. The van der Waals surface area contributed by atoms with Gasteiger partial charge in [-0.3, -0.25) is 19.7 Å². The number of nitrogens with zero attached hydrogens (tertiary/aromatic N) is 1. The minimum absolute atomic E-state index is 0.0280. The molecular weight excluding hydrogens is 358 g/mol. The number of carbonyl (C=O) groups excluding carboxylic acids is 4. The number of urea groups is 1. The predicted molar refractivity (Wildman–Crippen MR) is 96.9 cm³/mol. The summed E-state index contributed by atoms with van der Waals surface area (Å²) in [5, 5.41) is 4.43. The second-order valence-electron chi connectivity index (χ2n) is 5.62. The molecule has 4 amide bonds. The van der Waals surface area contributed by atoms with Gasteiger partial charge in [-0.1, -0.05) is 6.07 Å². The highest BCUT2D eigenvalue weighted by atomic mass is 32.2. The van der Waals surface area contributed by atoms with Crippen molar-refractivity contribution in [2.75, 3.05) is 30.9 Å². The Labute approximate surface area is 155 Å². The number of hydrogen-bond donors (Lipinski definition) is 2. The van der Waals surface area contributed by atoms with Crippen LogP contribution in [0.4, 0.5) is 10.5 Å². The molecule has 0 saturated carbocycles. The van der Waals surface area contributed by atoms with Crippen LogP contribution < -0.4 is 15.5 Å². The number of ether oxygens (including phenoxy) is 1. The van der Waals surface area contributed by atoms with Gasteiger partial charge in [0.05, 0.1) is 5.92 Å². The van der Waals surface area contributed by atoms with E-state index in [4.69, 9.17) is 4.74 Å². The summed E-state index contributed by atoms with van der Waals surface area (Å²) in [7, 11) is 0. The lowest BCUT2D eigenvalue weighted by Gasteiger charge is -2.17. The van der Waals surface area contributed by atoms with Gasteiger partial charge in [0.2, 0.25) is 5.91 Å². The Hall–Kier alpha value is -2.55. The molecule has 0 radical (unpaired) electrons. The van der Waals surface area contributed by atoms with Crippen LogP contribution in [0, 0.1) is 5.92 Å². The molecule has 1 heterocycles. The topological polar surface area (TPSA) is 105 Å². The van der Waals surface area contributed by atoms with Crippen molar-refractivity contribution in [2.45, 2.75) is 18.2 Å². The maximum absolute atomic E-state index is 12.2. The predicted octanol–water partition coefficient (Wildman–Crippen LogP) is 1.15. The molecule has 9 heteroatoms. The van der Waals surface area contributed by atoms with Crippen LogP contribution in [0.1, 0.15) is 13.3 Å². The molecule has 0 spiro atoms. The van der Waals surface area contributed by atoms with E-state index < -0.39 is 30.4 Å². The molecule has 1 fully saturated rings. The first kappa shape index (κ1) is 19.8. The largest absolute Gasteiger partial charge is 0.455 e. The molecule has 1 aromatic carbocycles. The summed E-state index contributed by atoms with van der Waals surface area (Å²) in [6.45, 7) is 1.72. The van der Waals surface area contributed by atoms with Gasteiger partial charge in [-0.25, -0.2) is 4.79 Å². The average Bonchev–Trinajstić information content (AvgIpc) is 3.01. The van der Waals surface area contributed by atoms with Gasteiger partial charge in [-0.15, -0.1) is 11.8 Å². The van der Waals surface area contributed by atoms with Gasteiger partial charge in [-0.05, 0) is 31.4 Å². The molecule has 1 aromatic rings. The molecule has 0 unspecified atom stereocenters. The number of imide groups is 1. The lowest BCUT2D eigenvalue weighted by Crippen LogP contribution is -2.41. The third-order valence-electron chi connectivity index (χ3n) is 3.76. The van der Waals surface area contributed by atoms with Crippen LogP contribution >= 0.6 is 11.8 Å². The van der Waals surface area contributed by atoms with E-state index in [0.29, 0.717) is 6.54 Å². The van der Waals surface area contributed by atoms with Crippen molar-refractivity contribution in [3.63, 3.8) is 0 Å². The first-order chi connectivity index (χ1) is 12.4. The number of esters is 1. The third-order valence-corrected chi connectivity index (χ3v) is 4.48. The Morgan fingerprint density at radius 1 is 1.35 bits per heavy atom. The van der Waals surface area contributed by atoms with Crippen molar-refractivity contribution in [2.24, 2.45) is 5.92 Å². The SMILES string of the molecule is CCNC(=O)NC(=O)COC(=O)[C@@H]1CC(=O)N(c2cccc(SC)c2)C1. The molecule has 0 aromatic heterocycles. The van der Waals surface area contributed by atoms with E-state index in [1.165, 1.54) is 0 Å². The molecule has 1 saturated heterocycles. The number of rotatable bonds is 6. The van der Waals surface area contributed by atoms with Gasteiger partial charge in [-0.2, -0.15) is 0 Å². The molecule has 26 heavy (non-hydrogen) atoms. The van der Waals surface area contributed by atoms with Gasteiger partial charge in [0.15, 0.2) is 6.61 Å². The van der Waals surface area contributed by atoms with Crippen molar-refractivity contribution in [3.05, 3.63) is 24.3 Å². The summed E-state index contributed by atoms with van der Waals surface area (Å²) in [5.41, 5.74) is 0.728. The van der Waals surface area contributed by atoms with Gasteiger partial charge >= 0.3 is 12.0 Å². The van der Waals surface area contributed by atoms with Crippen LogP contribution in [-0.2, 0) is 19.1 Å². The number of carbonyl (C=O) groups is 4. The quantitative estimate of drug-likeness (QED) is 0.567. The fourth-order valence-electron chi connectivity index (χ4n) is 2.52. The smallest absolute Gasteiger partial charge is 0.321 e. The van der Waals surface area contributed by atoms with Gasteiger partial charge in [0.1, 0.15) is 0 Å². The first-order valence-electron chi connectivity index (χ1n) is 8.13. The number of hydrogen-bond acceptors (Lipinski definition) is 6. The number of amides is 4. The maximum Gasteiger partial charge on any atom is 0.321 e. The van der Waals surface area contributed by atoms with Crippen molar-refractivity contribution < 1.29 is 23.9 Å². The zero-order valence-corrected chi connectivity index (χ0v) is 15.4. The van der Waals surface area contributed by atoms with Crippen molar-refractivity contribution in [1.82, 2.24) is 10.6 Å². The van der Waals surface area contributed by atoms with Gasteiger partial charge in [0.25, 0.3) is 5.91 Å². The lowest BCUT2D eigenvalue weighted by molar-refractivity contribution is -0.152. The fourth-order valence-corrected chi connectivity index (χ4v) is 2.97. The van der Waals surface area contributed by atoms with Gasteiger partial charge in [0, 0.05) is 30.1 Å². The zero-order valence-electron chi connectivity index (χ0n) is 14.6. The number of anilines is 1. The lowest BCUT2D eigenvalue weighted by atomic mass is 10.1. The zero-order chi connectivity index (χ0) is 19.1.